The molecule has 1 aromatic carbocycles. The lowest BCUT2D eigenvalue weighted by atomic mass is 9.94. The van der Waals surface area contributed by atoms with Crippen LogP contribution in [0.1, 0.15) is 43.9 Å². The molecule has 0 aliphatic rings. The third-order valence-corrected chi connectivity index (χ3v) is 2.11. The minimum atomic E-state index is 0. The Kier molecular flexibility index (Phi) is 5.04. The largest absolute Gasteiger partial charge is 0.324 e. The molecule has 0 heterocycles. The molecule has 0 bridgehead atoms. The van der Waals surface area contributed by atoms with Gasteiger partial charge in [0.05, 0.1) is 0 Å². The van der Waals surface area contributed by atoms with Crippen LogP contribution in [0.4, 0.5) is 0 Å². The Bertz CT molecular complexity index is 229. The van der Waals surface area contributed by atoms with Gasteiger partial charge in [-0.2, -0.15) is 0 Å². The molecule has 0 spiro atoms. The van der Waals surface area contributed by atoms with Crippen molar-refractivity contribution in [1.82, 2.24) is 0 Å². The van der Waals surface area contributed by atoms with E-state index in [0.717, 1.165) is 0 Å². The molecule has 0 aromatic heterocycles. The van der Waals surface area contributed by atoms with Gasteiger partial charge in [0.25, 0.3) is 0 Å². The van der Waals surface area contributed by atoms with Crippen molar-refractivity contribution in [1.29, 1.82) is 0 Å². The highest BCUT2D eigenvalue weighted by molar-refractivity contribution is 5.85. The summed E-state index contributed by atoms with van der Waals surface area (Å²) in [4.78, 5) is 0. The molecule has 0 saturated heterocycles. The second kappa shape index (κ2) is 5.25. The van der Waals surface area contributed by atoms with Gasteiger partial charge in [-0.05, 0) is 24.0 Å². The van der Waals surface area contributed by atoms with Gasteiger partial charge in [0, 0.05) is 6.04 Å². The number of nitrogens with two attached hydrogens (primary N) is 1. The molecule has 74 valence electrons. The van der Waals surface area contributed by atoms with E-state index < -0.39 is 0 Å². The van der Waals surface area contributed by atoms with Gasteiger partial charge in [-0.15, -0.1) is 12.4 Å². The highest BCUT2D eigenvalue weighted by Crippen LogP contribution is 2.22. The zero-order valence-electron chi connectivity index (χ0n) is 8.45. The smallest absolute Gasteiger partial charge is 0.0268 e. The SMILES string of the molecule is CC(C)c1ccccc1[C@@H](C)N.Cl. The van der Waals surface area contributed by atoms with E-state index in [1.165, 1.54) is 11.1 Å². The van der Waals surface area contributed by atoms with Crippen molar-refractivity contribution < 1.29 is 0 Å². The van der Waals surface area contributed by atoms with Crippen molar-refractivity contribution >= 4 is 12.4 Å². The van der Waals surface area contributed by atoms with Gasteiger partial charge in [-0.1, -0.05) is 38.1 Å². The normalized spacial score (nSPS) is 12.4. The maximum atomic E-state index is 5.85. The highest BCUT2D eigenvalue weighted by Gasteiger charge is 2.07. The second-order valence-electron chi connectivity index (χ2n) is 3.57. The Morgan fingerprint density at radius 2 is 1.46 bits per heavy atom. The predicted molar refractivity (Wildman–Crippen MR) is 60.4 cm³/mol. The molecule has 1 aromatic rings. The van der Waals surface area contributed by atoms with Crippen LogP contribution in [0.2, 0.25) is 0 Å². The Labute approximate surface area is 86.7 Å². The van der Waals surface area contributed by atoms with Crippen LogP contribution in [0, 0.1) is 0 Å². The molecule has 1 atom stereocenters. The van der Waals surface area contributed by atoms with Crippen LogP contribution in [-0.4, -0.2) is 0 Å². The Morgan fingerprint density at radius 3 is 1.77 bits per heavy atom. The molecule has 0 aliphatic carbocycles. The van der Waals surface area contributed by atoms with Crippen LogP contribution in [0.3, 0.4) is 0 Å². The fourth-order valence-electron chi connectivity index (χ4n) is 1.45. The van der Waals surface area contributed by atoms with E-state index in [0.29, 0.717) is 5.92 Å². The van der Waals surface area contributed by atoms with Crippen LogP contribution in [0.25, 0.3) is 0 Å². The molecular formula is C11H18ClN. The third kappa shape index (κ3) is 3.02. The summed E-state index contributed by atoms with van der Waals surface area (Å²) in [6, 6.07) is 8.53. The standard InChI is InChI=1S/C11H17N.ClH/c1-8(2)10-6-4-5-7-11(10)9(3)12;/h4-9H,12H2,1-3H3;1H/t9-;/m1./s1. The van der Waals surface area contributed by atoms with Crippen molar-refractivity contribution in [3.63, 3.8) is 0 Å². The van der Waals surface area contributed by atoms with Gasteiger partial charge in [0.1, 0.15) is 0 Å². The van der Waals surface area contributed by atoms with Crippen molar-refractivity contribution in [3.8, 4) is 0 Å². The lowest BCUT2D eigenvalue weighted by molar-refractivity contribution is 0.765. The molecule has 1 nitrogen and oxygen atoms in total. The Morgan fingerprint density at radius 1 is 1.00 bits per heavy atom. The maximum absolute atomic E-state index is 5.85. The van der Waals surface area contributed by atoms with Gasteiger partial charge in [0.2, 0.25) is 0 Å². The van der Waals surface area contributed by atoms with Crippen LogP contribution >= 0.6 is 12.4 Å². The summed E-state index contributed by atoms with van der Waals surface area (Å²) >= 11 is 0. The van der Waals surface area contributed by atoms with Crippen molar-refractivity contribution in [2.24, 2.45) is 5.73 Å². The number of hydrogen-bond acceptors (Lipinski definition) is 1. The van der Waals surface area contributed by atoms with Gasteiger partial charge in [-0.3, -0.25) is 0 Å². The van der Waals surface area contributed by atoms with Crippen LogP contribution in [-0.2, 0) is 0 Å². The molecular weight excluding hydrogens is 182 g/mol. The summed E-state index contributed by atoms with van der Waals surface area (Å²) in [6.07, 6.45) is 0. The average Bonchev–Trinajstić information content (AvgIpc) is 2.04. The molecule has 0 saturated carbocycles. The van der Waals surface area contributed by atoms with Crippen LogP contribution < -0.4 is 5.73 Å². The zero-order chi connectivity index (χ0) is 9.14. The summed E-state index contributed by atoms with van der Waals surface area (Å²) in [7, 11) is 0. The minimum Gasteiger partial charge on any atom is -0.324 e. The topological polar surface area (TPSA) is 26.0 Å². The highest BCUT2D eigenvalue weighted by atomic mass is 35.5. The average molecular weight is 200 g/mol. The van der Waals surface area contributed by atoms with Crippen LogP contribution in [0.5, 0.6) is 0 Å². The lowest BCUT2D eigenvalue weighted by Crippen LogP contribution is -2.08. The summed E-state index contributed by atoms with van der Waals surface area (Å²) in [5.41, 5.74) is 8.49. The van der Waals surface area contributed by atoms with Crippen molar-refractivity contribution in [3.05, 3.63) is 35.4 Å². The number of benzene rings is 1. The molecule has 2 N–H and O–H groups in total. The summed E-state index contributed by atoms with van der Waals surface area (Å²) in [6.45, 7) is 6.42. The van der Waals surface area contributed by atoms with Crippen LogP contribution in [0.15, 0.2) is 24.3 Å². The molecule has 13 heavy (non-hydrogen) atoms. The number of hydrogen-bond donors (Lipinski definition) is 1. The minimum absolute atomic E-state index is 0. The molecule has 0 radical (unpaired) electrons. The fraction of sp³-hybridized carbons (Fsp3) is 0.455. The van der Waals surface area contributed by atoms with Gasteiger partial charge >= 0.3 is 0 Å². The van der Waals surface area contributed by atoms with E-state index in [4.69, 9.17) is 5.73 Å². The van der Waals surface area contributed by atoms with E-state index in [2.05, 4.69) is 32.0 Å². The van der Waals surface area contributed by atoms with Gasteiger partial charge in [-0.25, -0.2) is 0 Å². The van der Waals surface area contributed by atoms with Gasteiger partial charge < -0.3 is 5.73 Å². The van der Waals surface area contributed by atoms with E-state index in [1.807, 2.05) is 13.0 Å². The van der Waals surface area contributed by atoms with E-state index in [9.17, 15) is 0 Å². The molecule has 0 fully saturated rings. The van der Waals surface area contributed by atoms with E-state index in [1.54, 1.807) is 0 Å². The molecule has 0 amide bonds. The van der Waals surface area contributed by atoms with E-state index in [-0.39, 0.29) is 18.4 Å². The van der Waals surface area contributed by atoms with Gasteiger partial charge in [0.15, 0.2) is 0 Å². The Hall–Kier alpha value is -0.530. The Balaban J connectivity index is 0.00000144. The molecule has 1 rings (SSSR count). The monoisotopic (exact) mass is 199 g/mol. The fourth-order valence-corrected chi connectivity index (χ4v) is 1.45. The maximum Gasteiger partial charge on any atom is 0.0268 e. The van der Waals surface area contributed by atoms with Crippen molar-refractivity contribution in [2.75, 3.05) is 0 Å². The van der Waals surface area contributed by atoms with E-state index >= 15 is 0 Å². The second-order valence-corrected chi connectivity index (χ2v) is 3.57. The summed E-state index contributed by atoms with van der Waals surface area (Å²) in [5, 5.41) is 0. The third-order valence-electron chi connectivity index (χ3n) is 2.11. The van der Waals surface area contributed by atoms with Crippen molar-refractivity contribution in [2.45, 2.75) is 32.7 Å². The predicted octanol–water partition coefficient (Wildman–Crippen LogP) is 3.25. The first-order valence-corrected chi connectivity index (χ1v) is 4.47. The molecule has 0 aliphatic heterocycles. The zero-order valence-corrected chi connectivity index (χ0v) is 9.27. The first-order chi connectivity index (χ1) is 5.63. The lowest BCUT2D eigenvalue weighted by Gasteiger charge is -2.14. The summed E-state index contributed by atoms with van der Waals surface area (Å²) in [5.74, 6) is 0.562. The molecule has 2 heteroatoms. The molecule has 0 unspecified atom stereocenters. The number of halogens is 1. The first-order valence-electron chi connectivity index (χ1n) is 4.47. The quantitative estimate of drug-likeness (QED) is 0.778. The summed E-state index contributed by atoms with van der Waals surface area (Å²) < 4.78 is 0. The first kappa shape index (κ1) is 12.5. The number of rotatable bonds is 2.